The molecule has 0 radical (unpaired) electrons. The Kier molecular flexibility index (Phi) is 3.81. The molecule has 0 saturated carbocycles. The number of hydrogen-bond acceptors (Lipinski definition) is 5. The molecular formula is C7H7NO6P+. The topological polar surface area (TPSA) is 110 Å². The van der Waals surface area contributed by atoms with E-state index in [2.05, 4.69) is 4.52 Å². The second-order valence-corrected chi connectivity index (χ2v) is 3.20. The van der Waals surface area contributed by atoms with Crippen molar-refractivity contribution in [3.63, 3.8) is 0 Å². The Morgan fingerprint density at radius 3 is 2.60 bits per heavy atom. The fraction of sp³-hybridized carbons (Fsp3) is 0.143. The number of aliphatic hydroxyl groups is 1. The first kappa shape index (κ1) is 11.7. The number of nitrogens with zero attached hydrogens (tertiary/aromatic N) is 1. The van der Waals surface area contributed by atoms with Crippen LogP contribution < -0.4 is 0 Å². The maximum atomic E-state index is 10.5. The van der Waals surface area contributed by atoms with E-state index in [1.807, 2.05) is 0 Å². The fourth-order valence-corrected chi connectivity index (χ4v) is 1.29. The average molecular weight is 232 g/mol. The predicted octanol–water partition coefficient (Wildman–Crippen LogP) is 1.25. The van der Waals surface area contributed by atoms with Crippen LogP contribution in [0.2, 0.25) is 0 Å². The molecule has 80 valence electrons. The summed E-state index contributed by atoms with van der Waals surface area (Å²) in [4.78, 5) is 18.2. The number of aliphatic hydroxyl groups excluding tert-OH is 1. The zero-order chi connectivity index (χ0) is 11.4. The van der Waals surface area contributed by atoms with Crippen LogP contribution in [0.4, 0.5) is 5.69 Å². The van der Waals surface area contributed by atoms with Gasteiger partial charge >= 0.3 is 8.25 Å². The van der Waals surface area contributed by atoms with E-state index < -0.39 is 19.5 Å². The van der Waals surface area contributed by atoms with Gasteiger partial charge in [0.2, 0.25) is 6.29 Å². The van der Waals surface area contributed by atoms with Gasteiger partial charge in [-0.15, -0.1) is 4.89 Å². The van der Waals surface area contributed by atoms with Gasteiger partial charge in [0.05, 0.1) is 10.5 Å². The van der Waals surface area contributed by atoms with Gasteiger partial charge in [0.15, 0.2) is 0 Å². The third kappa shape index (κ3) is 3.03. The zero-order valence-electron chi connectivity index (χ0n) is 7.31. The predicted molar refractivity (Wildman–Crippen MR) is 49.0 cm³/mol. The third-order valence-electron chi connectivity index (χ3n) is 1.59. The maximum absolute atomic E-state index is 10.5. The first-order valence-electron chi connectivity index (χ1n) is 3.76. The minimum absolute atomic E-state index is 0.167. The maximum Gasteiger partial charge on any atom is 0.697 e. The van der Waals surface area contributed by atoms with Crippen molar-refractivity contribution in [2.24, 2.45) is 0 Å². The fourth-order valence-electron chi connectivity index (χ4n) is 1.00. The number of benzene rings is 1. The van der Waals surface area contributed by atoms with Crippen LogP contribution in [0.25, 0.3) is 0 Å². The second-order valence-electron chi connectivity index (χ2n) is 2.51. The quantitative estimate of drug-likeness (QED) is 0.350. The van der Waals surface area contributed by atoms with Crippen LogP contribution in [0.5, 0.6) is 0 Å². The number of para-hydroxylation sites is 1. The molecule has 0 bridgehead atoms. The third-order valence-corrected chi connectivity index (χ3v) is 1.97. The van der Waals surface area contributed by atoms with Crippen molar-refractivity contribution in [1.82, 2.24) is 0 Å². The van der Waals surface area contributed by atoms with E-state index in [4.69, 9.17) is 4.89 Å². The van der Waals surface area contributed by atoms with Crippen LogP contribution in [-0.2, 0) is 9.09 Å². The Labute approximate surface area is 85.0 Å². The molecule has 7 nitrogen and oxygen atoms in total. The summed E-state index contributed by atoms with van der Waals surface area (Å²) >= 11 is 0. The molecule has 0 heterocycles. The summed E-state index contributed by atoms with van der Waals surface area (Å²) in [5, 5.41) is 19.8. The summed E-state index contributed by atoms with van der Waals surface area (Å²) in [6.45, 7) is 0. The van der Waals surface area contributed by atoms with Gasteiger partial charge in [0.1, 0.15) is 0 Å². The highest BCUT2D eigenvalue weighted by Gasteiger charge is 2.28. The molecule has 0 aliphatic rings. The number of nitro groups is 1. The van der Waals surface area contributed by atoms with E-state index in [1.165, 1.54) is 18.2 Å². The van der Waals surface area contributed by atoms with E-state index in [0.29, 0.717) is 0 Å². The first-order valence-corrected chi connectivity index (χ1v) is 4.89. The van der Waals surface area contributed by atoms with Gasteiger partial charge in [-0.3, -0.25) is 10.1 Å². The molecule has 8 heteroatoms. The molecular weight excluding hydrogens is 225 g/mol. The van der Waals surface area contributed by atoms with Gasteiger partial charge in [0.25, 0.3) is 5.69 Å². The van der Waals surface area contributed by atoms with E-state index in [9.17, 15) is 19.8 Å². The van der Waals surface area contributed by atoms with E-state index in [-0.39, 0.29) is 11.3 Å². The van der Waals surface area contributed by atoms with Crippen molar-refractivity contribution in [2.45, 2.75) is 6.29 Å². The van der Waals surface area contributed by atoms with Gasteiger partial charge < -0.3 is 5.11 Å². The highest BCUT2D eigenvalue weighted by atomic mass is 31.1. The van der Waals surface area contributed by atoms with Crippen LogP contribution >= 0.6 is 8.25 Å². The van der Waals surface area contributed by atoms with Crippen molar-refractivity contribution in [2.75, 3.05) is 0 Å². The van der Waals surface area contributed by atoms with Crippen LogP contribution in [0, 0.1) is 10.1 Å². The van der Waals surface area contributed by atoms with Crippen molar-refractivity contribution < 1.29 is 24.0 Å². The summed E-state index contributed by atoms with van der Waals surface area (Å²) in [6.07, 6.45) is -1.79. The summed E-state index contributed by atoms with van der Waals surface area (Å²) in [7, 11) is -3.02. The number of hydrogen-bond donors (Lipinski definition) is 2. The SMILES string of the molecule is O=[N+]([O-])c1ccccc1C(O)O[P+](=O)O. The average Bonchev–Trinajstić information content (AvgIpc) is 2.16. The molecule has 2 unspecified atom stereocenters. The minimum atomic E-state index is -3.02. The van der Waals surface area contributed by atoms with Gasteiger partial charge in [-0.2, -0.15) is 0 Å². The van der Waals surface area contributed by atoms with E-state index in [0.717, 1.165) is 6.07 Å². The van der Waals surface area contributed by atoms with Gasteiger partial charge in [-0.25, -0.2) is 0 Å². The molecule has 0 spiro atoms. The molecule has 15 heavy (non-hydrogen) atoms. The minimum Gasteiger partial charge on any atom is -0.360 e. The Morgan fingerprint density at radius 2 is 2.07 bits per heavy atom. The zero-order valence-corrected chi connectivity index (χ0v) is 8.20. The lowest BCUT2D eigenvalue weighted by Gasteiger charge is -2.03. The number of rotatable bonds is 4. The summed E-state index contributed by atoms with van der Waals surface area (Å²) in [5.41, 5.74) is -0.540. The largest absolute Gasteiger partial charge is 0.697 e. The van der Waals surface area contributed by atoms with E-state index in [1.54, 1.807) is 0 Å². The summed E-state index contributed by atoms with van der Waals surface area (Å²) in [5.74, 6) is 0. The molecule has 0 aliphatic carbocycles. The number of nitro benzene ring substituents is 1. The molecule has 0 fully saturated rings. The Balaban J connectivity index is 3.02. The molecule has 1 aromatic carbocycles. The van der Waals surface area contributed by atoms with Crippen molar-refractivity contribution in [3.8, 4) is 0 Å². The van der Waals surface area contributed by atoms with E-state index >= 15 is 0 Å². The standard InChI is InChI=1S/C7H6NO6P/c9-7(14-15(12)13)5-3-1-2-4-6(5)8(10)11/h1-4,7,9H/p+1. The van der Waals surface area contributed by atoms with Crippen LogP contribution in [-0.4, -0.2) is 14.9 Å². The first-order chi connectivity index (χ1) is 7.02. The molecule has 0 aliphatic heterocycles. The Hall–Kier alpha value is -1.40. The Morgan fingerprint density at radius 1 is 1.47 bits per heavy atom. The molecule has 2 atom stereocenters. The monoisotopic (exact) mass is 232 g/mol. The molecule has 2 N–H and O–H groups in total. The lowest BCUT2D eigenvalue weighted by molar-refractivity contribution is -0.386. The molecule has 0 amide bonds. The second kappa shape index (κ2) is 4.90. The van der Waals surface area contributed by atoms with Crippen molar-refractivity contribution in [3.05, 3.63) is 39.9 Å². The van der Waals surface area contributed by atoms with Crippen LogP contribution in [0.1, 0.15) is 11.9 Å². The van der Waals surface area contributed by atoms with Crippen molar-refractivity contribution in [1.29, 1.82) is 0 Å². The van der Waals surface area contributed by atoms with Gasteiger partial charge in [0, 0.05) is 10.6 Å². The lowest BCUT2D eigenvalue weighted by Crippen LogP contribution is -2.02. The molecule has 1 aromatic rings. The highest BCUT2D eigenvalue weighted by Crippen LogP contribution is 2.31. The molecule has 0 saturated heterocycles. The van der Waals surface area contributed by atoms with Crippen LogP contribution in [0.15, 0.2) is 24.3 Å². The van der Waals surface area contributed by atoms with Gasteiger partial charge in [-0.1, -0.05) is 16.7 Å². The molecule has 1 rings (SSSR count). The summed E-state index contributed by atoms with van der Waals surface area (Å²) in [6, 6.07) is 5.25. The summed E-state index contributed by atoms with van der Waals surface area (Å²) < 4.78 is 14.4. The normalized spacial score (nSPS) is 13.3. The van der Waals surface area contributed by atoms with Crippen LogP contribution in [0.3, 0.4) is 0 Å². The lowest BCUT2D eigenvalue weighted by atomic mass is 10.2. The highest BCUT2D eigenvalue weighted by molar-refractivity contribution is 7.32. The van der Waals surface area contributed by atoms with Crippen molar-refractivity contribution >= 4 is 13.9 Å². The van der Waals surface area contributed by atoms with Gasteiger partial charge in [-0.05, 0) is 6.07 Å². The molecule has 0 aromatic heterocycles. The smallest absolute Gasteiger partial charge is 0.360 e. The Bertz CT molecular complexity index is 395.